The van der Waals surface area contributed by atoms with Gasteiger partial charge in [0.2, 0.25) is 0 Å². The maximum atomic E-state index is 11.5. The van der Waals surface area contributed by atoms with E-state index >= 15 is 0 Å². The molecule has 0 bridgehead atoms. The molecular formula is C12H12O4Se. The van der Waals surface area contributed by atoms with Gasteiger partial charge in [-0.2, -0.15) is 0 Å². The van der Waals surface area contributed by atoms with Crippen molar-refractivity contribution in [1.29, 1.82) is 0 Å². The van der Waals surface area contributed by atoms with Gasteiger partial charge < -0.3 is 0 Å². The van der Waals surface area contributed by atoms with Crippen molar-refractivity contribution in [3.63, 3.8) is 0 Å². The zero-order valence-corrected chi connectivity index (χ0v) is 11.2. The molecule has 0 aromatic heterocycles. The average molecular weight is 299 g/mol. The van der Waals surface area contributed by atoms with Gasteiger partial charge in [0, 0.05) is 0 Å². The molecule has 0 fully saturated rings. The van der Waals surface area contributed by atoms with Gasteiger partial charge in [0.25, 0.3) is 0 Å². The fourth-order valence-corrected chi connectivity index (χ4v) is 2.84. The molecule has 0 aliphatic rings. The van der Waals surface area contributed by atoms with E-state index in [1.807, 2.05) is 30.3 Å². The summed E-state index contributed by atoms with van der Waals surface area (Å²) in [5, 5.41) is 0. The molecule has 0 spiro atoms. The number of methoxy groups -OCH3 is 2. The van der Waals surface area contributed by atoms with Crippen molar-refractivity contribution in [3.8, 4) is 0 Å². The van der Waals surface area contributed by atoms with Crippen molar-refractivity contribution >= 4 is 31.4 Å². The van der Waals surface area contributed by atoms with E-state index in [-0.39, 0.29) is 15.0 Å². The van der Waals surface area contributed by atoms with E-state index in [9.17, 15) is 9.59 Å². The van der Waals surface area contributed by atoms with Gasteiger partial charge in [0.1, 0.15) is 0 Å². The molecule has 1 aromatic carbocycles. The van der Waals surface area contributed by atoms with Gasteiger partial charge in [-0.3, -0.25) is 0 Å². The predicted molar refractivity (Wildman–Crippen MR) is 63.9 cm³/mol. The Balaban J connectivity index is 2.89. The Bertz CT molecular complexity index is 425. The third kappa shape index (κ3) is 4.42. The van der Waals surface area contributed by atoms with Crippen molar-refractivity contribution in [3.05, 3.63) is 40.9 Å². The van der Waals surface area contributed by atoms with Crippen LogP contribution in [0.15, 0.2) is 40.9 Å². The van der Waals surface area contributed by atoms with E-state index < -0.39 is 11.9 Å². The van der Waals surface area contributed by atoms with Crippen LogP contribution in [0.3, 0.4) is 0 Å². The van der Waals surface area contributed by atoms with E-state index in [0.717, 1.165) is 4.46 Å². The summed E-state index contributed by atoms with van der Waals surface area (Å²) in [7, 11) is 2.55. The minimum absolute atomic E-state index is 0.275. The van der Waals surface area contributed by atoms with Crippen LogP contribution in [0.5, 0.6) is 0 Å². The Labute approximate surface area is 106 Å². The van der Waals surface area contributed by atoms with Gasteiger partial charge in [0.15, 0.2) is 0 Å². The Morgan fingerprint density at radius 1 is 1.12 bits per heavy atom. The fraction of sp³-hybridized carbons (Fsp3) is 0.167. The van der Waals surface area contributed by atoms with E-state index in [2.05, 4.69) is 9.47 Å². The summed E-state index contributed by atoms with van der Waals surface area (Å²) in [6, 6.07) is 9.44. The van der Waals surface area contributed by atoms with Gasteiger partial charge in [-0.1, -0.05) is 0 Å². The molecule has 4 nitrogen and oxygen atoms in total. The first kappa shape index (κ1) is 13.5. The molecule has 0 heterocycles. The quantitative estimate of drug-likeness (QED) is 0.454. The molecule has 17 heavy (non-hydrogen) atoms. The molecule has 90 valence electrons. The van der Waals surface area contributed by atoms with Crippen LogP contribution < -0.4 is 4.46 Å². The van der Waals surface area contributed by atoms with Crippen molar-refractivity contribution in [2.24, 2.45) is 0 Å². The molecule has 0 N–H and O–H groups in total. The zero-order valence-electron chi connectivity index (χ0n) is 9.51. The second-order valence-electron chi connectivity index (χ2n) is 2.94. The maximum absolute atomic E-state index is 11.5. The van der Waals surface area contributed by atoms with Crippen LogP contribution in [0, 0.1) is 0 Å². The number of hydrogen-bond acceptors (Lipinski definition) is 4. The molecule has 0 radical (unpaired) electrons. The van der Waals surface area contributed by atoms with Gasteiger partial charge in [-0.15, -0.1) is 0 Å². The number of rotatable bonds is 4. The number of carbonyl (C=O) groups is 2. The zero-order chi connectivity index (χ0) is 12.7. The third-order valence-corrected chi connectivity index (χ3v) is 3.93. The molecule has 5 heteroatoms. The van der Waals surface area contributed by atoms with E-state index in [4.69, 9.17) is 0 Å². The molecule has 0 aliphatic heterocycles. The van der Waals surface area contributed by atoms with Crippen LogP contribution in [0.2, 0.25) is 0 Å². The summed E-state index contributed by atoms with van der Waals surface area (Å²) >= 11 is -0.275. The number of carbonyl (C=O) groups excluding carboxylic acids is 2. The molecule has 0 saturated carbocycles. The topological polar surface area (TPSA) is 52.6 Å². The first-order chi connectivity index (χ1) is 8.17. The number of esters is 2. The first-order valence-electron chi connectivity index (χ1n) is 4.78. The normalized spacial score (nSPS) is 10.8. The number of ether oxygens (including phenoxy) is 2. The van der Waals surface area contributed by atoms with Gasteiger partial charge in [-0.25, -0.2) is 0 Å². The van der Waals surface area contributed by atoms with Gasteiger partial charge >= 0.3 is 106 Å². The summed E-state index contributed by atoms with van der Waals surface area (Å²) in [5.41, 5.74) is 0. The van der Waals surface area contributed by atoms with Crippen LogP contribution in [0.25, 0.3) is 0 Å². The van der Waals surface area contributed by atoms with E-state index in [1.54, 1.807) is 0 Å². The fourth-order valence-electron chi connectivity index (χ4n) is 1.01. The average Bonchev–Trinajstić information content (AvgIpc) is 2.38. The number of hydrogen-bond donors (Lipinski definition) is 0. The number of benzene rings is 1. The monoisotopic (exact) mass is 300 g/mol. The van der Waals surface area contributed by atoms with Gasteiger partial charge in [-0.05, 0) is 0 Å². The van der Waals surface area contributed by atoms with Crippen molar-refractivity contribution in [2.75, 3.05) is 14.2 Å². The Morgan fingerprint density at radius 2 is 1.76 bits per heavy atom. The summed E-state index contributed by atoms with van der Waals surface area (Å²) in [5.74, 6) is -1.05. The summed E-state index contributed by atoms with van der Waals surface area (Å²) in [6.07, 6.45) is 1.18. The van der Waals surface area contributed by atoms with Crippen molar-refractivity contribution in [2.45, 2.75) is 0 Å². The van der Waals surface area contributed by atoms with Gasteiger partial charge in [0.05, 0.1) is 0 Å². The Morgan fingerprint density at radius 3 is 2.29 bits per heavy atom. The molecular weight excluding hydrogens is 287 g/mol. The molecule has 0 unspecified atom stereocenters. The van der Waals surface area contributed by atoms with Crippen molar-refractivity contribution < 1.29 is 19.1 Å². The molecule has 1 rings (SSSR count). The summed E-state index contributed by atoms with van der Waals surface area (Å²) in [4.78, 5) is 22.6. The van der Waals surface area contributed by atoms with E-state index in [0.29, 0.717) is 4.47 Å². The standard InChI is InChI=1S/C12H12O4Se/c1-15-11(13)8-10(12(14)16-2)17-9-6-4-3-5-7-9/h3-8H,1-2H3/b10-8+. The van der Waals surface area contributed by atoms with Crippen molar-refractivity contribution in [1.82, 2.24) is 0 Å². The second kappa shape index (κ2) is 6.89. The molecule has 0 aliphatic carbocycles. The summed E-state index contributed by atoms with van der Waals surface area (Å²) < 4.78 is 10.4. The molecule has 1 aromatic rings. The predicted octanol–water partition coefficient (Wildman–Crippen LogP) is 0.246. The minimum atomic E-state index is -0.553. The Kier molecular flexibility index (Phi) is 5.46. The summed E-state index contributed by atoms with van der Waals surface area (Å²) in [6.45, 7) is 0. The van der Waals surface area contributed by atoms with Crippen LogP contribution in [-0.2, 0) is 19.1 Å². The Hall–Kier alpha value is -1.58. The van der Waals surface area contributed by atoms with E-state index in [1.165, 1.54) is 20.3 Å². The first-order valence-corrected chi connectivity index (χ1v) is 6.49. The molecule has 0 atom stereocenters. The van der Waals surface area contributed by atoms with Crippen LogP contribution in [0.1, 0.15) is 0 Å². The molecule has 0 saturated heterocycles. The third-order valence-electron chi connectivity index (χ3n) is 1.81. The van der Waals surface area contributed by atoms with Crippen LogP contribution in [0.4, 0.5) is 0 Å². The second-order valence-corrected chi connectivity index (χ2v) is 5.28. The SMILES string of the molecule is COC(=O)/C=C(/[Se]c1ccccc1)C(=O)OC. The van der Waals surface area contributed by atoms with Crippen LogP contribution >= 0.6 is 0 Å². The van der Waals surface area contributed by atoms with Crippen LogP contribution in [-0.4, -0.2) is 41.1 Å². The molecule has 0 amide bonds.